The molecule has 1 amide bonds. The third kappa shape index (κ3) is 3.18. The average Bonchev–Trinajstić information content (AvgIpc) is 2.48. The second-order valence-corrected chi connectivity index (χ2v) is 6.24. The summed E-state index contributed by atoms with van der Waals surface area (Å²) >= 11 is 0. The molecule has 0 aliphatic carbocycles. The first-order valence-electron chi connectivity index (χ1n) is 7.95. The van der Waals surface area contributed by atoms with Gasteiger partial charge in [0.2, 0.25) is 0 Å². The number of anilines is 1. The van der Waals surface area contributed by atoms with Crippen molar-refractivity contribution in [2.75, 3.05) is 25.4 Å². The number of nitrogens with two attached hydrogens (primary N) is 1. The summed E-state index contributed by atoms with van der Waals surface area (Å²) in [6.07, 6.45) is 4.25. The maximum atomic E-state index is 12.5. The smallest absolute Gasteiger partial charge is 0.251 e. The Bertz CT molecular complexity index is 523. The molecule has 4 rings (SSSR count). The molecular formula is C16H24N4O. The van der Waals surface area contributed by atoms with Crippen molar-refractivity contribution in [2.45, 2.75) is 38.6 Å². The number of hydrogen-bond donors (Lipinski definition) is 2. The molecule has 1 unspecified atom stereocenters. The highest BCUT2D eigenvalue weighted by Gasteiger charge is 2.34. The molecule has 0 aromatic carbocycles. The summed E-state index contributed by atoms with van der Waals surface area (Å²) in [6.45, 7) is 5.44. The van der Waals surface area contributed by atoms with Crippen molar-refractivity contribution in [3.8, 4) is 0 Å². The number of nitrogens with one attached hydrogen (secondary N) is 1. The monoisotopic (exact) mass is 288 g/mol. The number of aryl methyl sites for hydroxylation is 1. The van der Waals surface area contributed by atoms with Crippen LogP contribution in [0.1, 0.15) is 42.2 Å². The van der Waals surface area contributed by atoms with Crippen molar-refractivity contribution < 1.29 is 4.79 Å². The first-order chi connectivity index (χ1) is 10.2. The van der Waals surface area contributed by atoms with E-state index in [1.165, 1.54) is 25.9 Å². The van der Waals surface area contributed by atoms with Gasteiger partial charge < -0.3 is 16.0 Å². The van der Waals surface area contributed by atoms with Crippen molar-refractivity contribution in [3.63, 3.8) is 0 Å². The summed E-state index contributed by atoms with van der Waals surface area (Å²) < 4.78 is 0. The number of carbonyl (C=O) groups excluding carboxylic acids is 1. The molecule has 4 heterocycles. The van der Waals surface area contributed by atoms with Crippen LogP contribution in [-0.2, 0) is 6.42 Å². The average molecular weight is 288 g/mol. The van der Waals surface area contributed by atoms with E-state index in [9.17, 15) is 4.79 Å². The van der Waals surface area contributed by atoms with Gasteiger partial charge in [-0.25, -0.2) is 4.98 Å². The van der Waals surface area contributed by atoms with Gasteiger partial charge in [-0.2, -0.15) is 0 Å². The number of aromatic nitrogens is 1. The molecule has 3 fully saturated rings. The standard InChI is InChI=1S/C16H24N4O/c1-2-3-13-8-12(9-15(17)18-13)16(21)19-14-10-20-6-4-11(14)5-7-20/h8-9,11,14H,2-7,10H2,1H3,(H2,17,18)(H,19,21). The highest BCUT2D eigenvalue weighted by atomic mass is 16.1. The molecule has 3 aliphatic heterocycles. The van der Waals surface area contributed by atoms with E-state index in [4.69, 9.17) is 5.73 Å². The van der Waals surface area contributed by atoms with Crippen LogP contribution in [0.3, 0.4) is 0 Å². The van der Waals surface area contributed by atoms with E-state index in [1.54, 1.807) is 6.07 Å². The van der Waals surface area contributed by atoms with Crippen LogP contribution in [0.25, 0.3) is 0 Å². The topological polar surface area (TPSA) is 71.2 Å². The fourth-order valence-electron chi connectivity index (χ4n) is 3.51. The van der Waals surface area contributed by atoms with Crippen molar-refractivity contribution in [2.24, 2.45) is 5.92 Å². The van der Waals surface area contributed by atoms with Crippen LogP contribution < -0.4 is 11.1 Å². The van der Waals surface area contributed by atoms with Gasteiger partial charge in [0.25, 0.3) is 5.91 Å². The molecule has 114 valence electrons. The fourth-order valence-corrected chi connectivity index (χ4v) is 3.51. The van der Waals surface area contributed by atoms with Crippen LogP contribution in [0.15, 0.2) is 12.1 Å². The Morgan fingerprint density at radius 1 is 1.43 bits per heavy atom. The number of piperidine rings is 3. The summed E-state index contributed by atoms with van der Waals surface area (Å²) in [6, 6.07) is 3.83. The molecule has 0 saturated carbocycles. The van der Waals surface area contributed by atoms with Crippen LogP contribution in [0, 0.1) is 5.92 Å². The Kier molecular flexibility index (Phi) is 4.10. The van der Waals surface area contributed by atoms with Gasteiger partial charge in [-0.05, 0) is 50.4 Å². The molecule has 5 nitrogen and oxygen atoms in total. The second kappa shape index (κ2) is 6.02. The van der Waals surface area contributed by atoms with E-state index in [1.807, 2.05) is 6.07 Å². The summed E-state index contributed by atoms with van der Waals surface area (Å²) in [5.74, 6) is 1.05. The van der Waals surface area contributed by atoms with Gasteiger partial charge >= 0.3 is 0 Å². The lowest BCUT2D eigenvalue weighted by atomic mass is 9.84. The SMILES string of the molecule is CCCc1cc(C(=O)NC2CN3CCC2CC3)cc(N)n1. The lowest BCUT2D eigenvalue weighted by molar-refractivity contribution is 0.0620. The Morgan fingerprint density at radius 3 is 2.81 bits per heavy atom. The van der Waals surface area contributed by atoms with Crippen LogP contribution in [-0.4, -0.2) is 41.5 Å². The molecule has 1 atom stereocenters. The number of carbonyl (C=O) groups is 1. The summed E-state index contributed by atoms with van der Waals surface area (Å²) in [5, 5.41) is 3.20. The highest BCUT2D eigenvalue weighted by Crippen LogP contribution is 2.27. The summed E-state index contributed by atoms with van der Waals surface area (Å²) in [5.41, 5.74) is 7.36. The number of rotatable bonds is 4. The molecule has 2 bridgehead atoms. The van der Waals surface area contributed by atoms with E-state index in [0.717, 1.165) is 25.1 Å². The molecule has 3 aliphatic rings. The number of fused-ring (bicyclic) bond motifs is 3. The largest absolute Gasteiger partial charge is 0.384 e. The van der Waals surface area contributed by atoms with Crippen molar-refractivity contribution in [1.29, 1.82) is 0 Å². The number of amides is 1. The number of nitrogen functional groups attached to an aromatic ring is 1. The zero-order valence-corrected chi connectivity index (χ0v) is 12.6. The summed E-state index contributed by atoms with van der Waals surface area (Å²) in [4.78, 5) is 19.2. The Labute approximate surface area is 125 Å². The Morgan fingerprint density at radius 2 is 2.19 bits per heavy atom. The maximum absolute atomic E-state index is 12.5. The minimum absolute atomic E-state index is 0.0137. The van der Waals surface area contributed by atoms with E-state index in [0.29, 0.717) is 17.3 Å². The van der Waals surface area contributed by atoms with Gasteiger partial charge in [-0.1, -0.05) is 13.3 Å². The second-order valence-electron chi connectivity index (χ2n) is 6.24. The highest BCUT2D eigenvalue weighted by molar-refractivity contribution is 5.95. The van der Waals surface area contributed by atoms with Crippen molar-refractivity contribution >= 4 is 11.7 Å². The maximum Gasteiger partial charge on any atom is 0.251 e. The quantitative estimate of drug-likeness (QED) is 0.879. The molecule has 1 aromatic heterocycles. The first kappa shape index (κ1) is 14.3. The minimum Gasteiger partial charge on any atom is -0.384 e. The van der Waals surface area contributed by atoms with E-state index in [2.05, 4.69) is 22.1 Å². The normalized spacial score (nSPS) is 27.6. The fraction of sp³-hybridized carbons (Fsp3) is 0.625. The third-order valence-corrected chi connectivity index (χ3v) is 4.64. The molecule has 1 aromatic rings. The first-order valence-corrected chi connectivity index (χ1v) is 7.95. The van der Waals surface area contributed by atoms with E-state index in [-0.39, 0.29) is 11.9 Å². The summed E-state index contributed by atoms with van der Waals surface area (Å²) in [7, 11) is 0. The van der Waals surface area contributed by atoms with Crippen LogP contribution in [0.4, 0.5) is 5.82 Å². The van der Waals surface area contributed by atoms with Crippen LogP contribution in [0.2, 0.25) is 0 Å². The molecule has 21 heavy (non-hydrogen) atoms. The Hall–Kier alpha value is -1.62. The lowest BCUT2D eigenvalue weighted by Crippen LogP contribution is -2.57. The van der Waals surface area contributed by atoms with Gasteiger partial charge in [0.05, 0.1) is 0 Å². The van der Waals surface area contributed by atoms with E-state index >= 15 is 0 Å². The van der Waals surface area contributed by atoms with Crippen LogP contribution in [0.5, 0.6) is 0 Å². The van der Waals surface area contributed by atoms with Crippen molar-refractivity contribution in [3.05, 3.63) is 23.4 Å². The van der Waals surface area contributed by atoms with Gasteiger partial charge in [-0.15, -0.1) is 0 Å². The molecule has 3 saturated heterocycles. The van der Waals surface area contributed by atoms with Crippen molar-refractivity contribution in [1.82, 2.24) is 15.2 Å². The number of nitrogens with zero attached hydrogens (tertiary/aromatic N) is 2. The predicted molar refractivity (Wildman–Crippen MR) is 83.1 cm³/mol. The van der Waals surface area contributed by atoms with Gasteiger partial charge in [-0.3, -0.25) is 4.79 Å². The number of hydrogen-bond acceptors (Lipinski definition) is 4. The zero-order valence-electron chi connectivity index (χ0n) is 12.6. The zero-order chi connectivity index (χ0) is 14.8. The molecular weight excluding hydrogens is 264 g/mol. The number of pyridine rings is 1. The minimum atomic E-state index is -0.0137. The lowest BCUT2D eigenvalue weighted by Gasteiger charge is -2.44. The van der Waals surface area contributed by atoms with Crippen LogP contribution >= 0.6 is 0 Å². The molecule has 3 N–H and O–H groups in total. The Balaban J connectivity index is 1.70. The molecule has 5 heteroatoms. The van der Waals surface area contributed by atoms with E-state index < -0.39 is 0 Å². The van der Waals surface area contributed by atoms with Gasteiger partial charge in [0.15, 0.2) is 0 Å². The third-order valence-electron chi connectivity index (χ3n) is 4.64. The molecule has 0 spiro atoms. The molecule has 0 radical (unpaired) electrons. The van der Waals surface area contributed by atoms with Gasteiger partial charge in [0.1, 0.15) is 5.82 Å². The van der Waals surface area contributed by atoms with Gasteiger partial charge in [0, 0.05) is 23.8 Å². The predicted octanol–water partition coefficient (Wildman–Crippen LogP) is 1.44.